The van der Waals surface area contributed by atoms with Crippen LogP contribution in [0.25, 0.3) is 0 Å². The summed E-state index contributed by atoms with van der Waals surface area (Å²) in [4.78, 5) is 4.59. The van der Waals surface area contributed by atoms with Gasteiger partial charge in [-0.15, -0.1) is 0 Å². The first-order chi connectivity index (χ1) is 10.8. The topological polar surface area (TPSA) is 56.7 Å². The third-order valence-corrected chi connectivity index (χ3v) is 3.82. The molecule has 0 saturated carbocycles. The Morgan fingerprint density at radius 2 is 2.00 bits per heavy atom. The molecule has 0 aliphatic heterocycles. The van der Waals surface area contributed by atoms with Gasteiger partial charge in [0.25, 0.3) is 0 Å². The van der Waals surface area contributed by atoms with E-state index < -0.39 is 0 Å². The van der Waals surface area contributed by atoms with Crippen molar-refractivity contribution in [2.24, 2.45) is 4.99 Å². The highest BCUT2D eigenvalue weighted by molar-refractivity contribution is 5.79. The molecule has 1 aromatic carbocycles. The summed E-state index contributed by atoms with van der Waals surface area (Å²) in [5.41, 5.74) is 2.66. The molecular weight excluding hydrogens is 274 g/mol. The van der Waals surface area contributed by atoms with Crippen molar-refractivity contribution in [3.63, 3.8) is 0 Å². The van der Waals surface area contributed by atoms with Crippen LogP contribution in [-0.4, -0.2) is 24.2 Å². The van der Waals surface area contributed by atoms with Gasteiger partial charge >= 0.3 is 0 Å². The molecule has 0 spiro atoms. The molecule has 0 unspecified atom stereocenters. The van der Waals surface area contributed by atoms with Gasteiger partial charge in [-0.1, -0.05) is 23.8 Å². The largest absolute Gasteiger partial charge is 0.508 e. The maximum absolute atomic E-state index is 9.29. The molecule has 1 aromatic rings. The Bertz CT molecular complexity index is 506. The SMILES string of the molecule is CCNC(=NCc1ccc(O)cc1)NCCC1=CCCCC1. The number of aromatic hydroxyl groups is 1. The second-order valence-electron chi connectivity index (χ2n) is 5.65. The predicted octanol–water partition coefficient (Wildman–Crippen LogP) is 3.34. The van der Waals surface area contributed by atoms with Gasteiger partial charge in [0, 0.05) is 13.1 Å². The molecule has 0 aromatic heterocycles. The molecule has 0 radical (unpaired) electrons. The maximum Gasteiger partial charge on any atom is 0.191 e. The molecule has 0 heterocycles. The van der Waals surface area contributed by atoms with Crippen LogP contribution < -0.4 is 10.6 Å². The fraction of sp³-hybridized carbons (Fsp3) is 0.500. The Kier molecular flexibility index (Phi) is 6.81. The summed E-state index contributed by atoms with van der Waals surface area (Å²) in [6.07, 6.45) is 8.66. The van der Waals surface area contributed by atoms with E-state index in [0.717, 1.165) is 31.0 Å². The van der Waals surface area contributed by atoms with E-state index in [1.165, 1.54) is 25.7 Å². The Morgan fingerprint density at radius 1 is 1.18 bits per heavy atom. The number of allylic oxidation sites excluding steroid dienone is 1. The number of phenols is 1. The molecule has 4 heteroatoms. The Hall–Kier alpha value is -1.97. The van der Waals surface area contributed by atoms with Gasteiger partial charge in [0.05, 0.1) is 6.54 Å². The first kappa shape index (κ1) is 16.4. The second-order valence-corrected chi connectivity index (χ2v) is 5.65. The minimum absolute atomic E-state index is 0.290. The van der Waals surface area contributed by atoms with Crippen LogP contribution in [0, 0.1) is 0 Å². The number of nitrogens with one attached hydrogen (secondary N) is 2. The molecular formula is C18H27N3O. The normalized spacial score (nSPS) is 15.3. The summed E-state index contributed by atoms with van der Waals surface area (Å²) in [7, 11) is 0. The average Bonchev–Trinajstić information content (AvgIpc) is 2.55. The highest BCUT2D eigenvalue weighted by Crippen LogP contribution is 2.19. The monoisotopic (exact) mass is 301 g/mol. The number of phenolic OH excluding ortho intramolecular Hbond substituents is 1. The highest BCUT2D eigenvalue weighted by atomic mass is 16.3. The first-order valence-corrected chi connectivity index (χ1v) is 8.26. The maximum atomic E-state index is 9.29. The van der Waals surface area contributed by atoms with E-state index in [4.69, 9.17) is 0 Å². The third-order valence-electron chi connectivity index (χ3n) is 3.82. The molecule has 0 saturated heterocycles. The molecule has 3 N–H and O–H groups in total. The van der Waals surface area contributed by atoms with Gasteiger partial charge in [-0.3, -0.25) is 0 Å². The lowest BCUT2D eigenvalue weighted by molar-refractivity contribution is 0.475. The van der Waals surface area contributed by atoms with Crippen molar-refractivity contribution in [2.45, 2.75) is 45.6 Å². The molecule has 0 fully saturated rings. The van der Waals surface area contributed by atoms with Gasteiger partial charge in [-0.05, 0) is 56.7 Å². The Morgan fingerprint density at radius 3 is 2.68 bits per heavy atom. The lowest BCUT2D eigenvalue weighted by Gasteiger charge is -2.15. The third kappa shape index (κ3) is 5.80. The second kappa shape index (κ2) is 9.13. The van der Waals surface area contributed by atoms with E-state index in [1.807, 2.05) is 12.1 Å². The Balaban J connectivity index is 1.81. The molecule has 120 valence electrons. The molecule has 1 aliphatic carbocycles. The molecule has 2 rings (SSSR count). The smallest absolute Gasteiger partial charge is 0.191 e. The number of hydrogen-bond acceptors (Lipinski definition) is 2. The van der Waals surface area contributed by atoms with E-state index in [1.54, 1.807) is 17.7 Å². The summed E-state index contributed by atoms with van der Waals surface area (Å²) in [6.45, 7) is 4.46. The minimum Gasteiger partial charge on any atom is -0.508 e. The van der Waals surface area contributed by atoms with Crippen LogP contribution in [0.3, 0.4) is 0 Å². The van der Waals surface area contributed by atoms with Gasteiger partial charge in [0.15, 0.2) is 5.96 Å². The average molecular weight is 301 g/mol. The summed E-state index contributed by atoms with van der Waals surface area (Å²) >= 11 is 0. The molecule has 22 heavy (non-hydrogen) atoms. The molecule has 1 aliphatic rings. The standard InChI is InChI=1S/C18H27N3O/c1-2-19-18(20-13-12-15-6-4-3-5-7-15)21-14-16-8-10-17(22)11-9-16/h6,8-11,22H,2-5,7,12-14H2,1H3,(H2,19,20,21). The summed E-state index contributed by atoms with van der Waals surface area (Å²) in [5.74, 6) is 1.14. The van der Waals surface area contributed by atoms with Gasteiger partial charge in [0.1, 0.15) is 5.75 Å². The van der Waals surface area contributed by atoms with E-state index in [2.05, 4.69) is 28.6 Å². The van der Waals surface area contributed by atoms with Gasteiger partial charge in [0.2, 0.25) is 0 Å². The first-order valence-electron chi connectivity index (χ1n) is 8.26. The van der Waals surface area contributed by atoms with Crippen molar-refractivity contribution >= 4 is 5.96 Å². The zero-order valence-electron chi connectivity index (χ0n) is 13.4. The minimum atomic E-state index is 0.290. The van der Waals surface area contributed by atoms with Crippen molar-refractivity contribution in [3.8, 4) is 5.75 Å². The van der Waals surface area contributed by atoms with Crippen LogP contribution >= 0.6 is 0 Å². The van der Waals surface area contributed by atoms with Gasteiger partial charge in [-0.25, -0.2) is 4.99 Å². The zero-order chi connectivity index (χ0) is 15.6. The van der Waals surface area contributed by atoms with Crippen LogP contribution in [0.15, 0.2) is 40.9 Å². The lowest BCUT2D eigenvalue weighted by atomic mass is 9.97. The number of benzene rings is 1. The van der Waals surface area contributed by atoms with Crippen LogP contribution in [0.5, 0.6) is 5.75 Å². The number of guanidine groups is 1. The van der Waals surface area contributed by atoms with Crippen LogP contribution in [0.2, 0.25) is 0 Å². The fourth-order valence-electron chi connectivity index (χ4n) is 2.59. The van der Waals surface area contributed by atoms with E-state index in [9.17, 15) is 5.11 Å². The van der Waals surface area contributed by atoms with E-state index in [-0.39, 0.29) is 0 Å². The predicted molar refractivity (Wildman–Crippen MR) is 92.1 cm³/mol. The highest BCUT2D eigenvalue weighted by Gasteiger charge is 2.04. The van der Waals surface area contributed by atoms with Gasteiger partial charge in [-0.2, -0.15) is 0 Å². The van der Waals surface area contributed by atoms with Crippen LogP contribution in [0.4, 0.5) is 0 Å². The van der Waals surface area contributed by atoms with E-state index >= 15 is 0 Å². The van der Waals surface area contributed by atoms with Gasteiger partial charge < -0.3 is 15.7 Å². The van der Waals surface area contributed by atoms with Crippen molar-refractivity contribution in [1.29, 1.82) is 0 Å². The number of nitrogens with zero attached hydrogens (tertiary/aromatic N) is 1. The Labute approximate surface area is 133 Å². The lowest BCUT2D eigenvalue weighted by Crippen LogP contribution is -2.37. The number of hydrogen-bond donors (Lipinski definition) is 3. The molecule has 0 bridgehead atoms. The van der Waals surface area contributed by atoms with Crippen LogP contribution in [-0.2, 0) is 6.54 Å². The summed E-state index contributed by atoms with van der Waals surface area (Å²) < 4.78 is 0. The number of rotatable bonds is 6. The quantitative estimate of drug-likeness (QED) is 0.429. The molecule has 0 atom stereocenters. The zero-order valence-corrected chi connectivity index (χ0v) is 13.4. The summed E-state index contributed by atoms with van der Waals surface area (Å²) in [6, 6.07) is 7.19. The molecule has 4 nitrogen and oxygen atoms in total. The fourth-order valence-corrected chi connectivity index (χ4v) is 2.59. The van der Waals surface area contributed by atoms with Crippen LogP contribution in [0.1, 0.15) is 44.6 Å². The van der Waals surface area contributed by atoms with Crippen molar-refractivity contribution in [1.82, 2.24) is 10.6 Å². The van der Waals surface area contributed by atoms with Crippen molar-refractivity contribution in [3.05, 3.63) is 41.5 Å². The van der Waals surface area contributed by atoms with Crippen molar-refractivity contribution in [2.75, 3.05) is 13.1 Å². The molecule has 0 amide bonds. The number of aliphatic imine (C=N–C) groups is 1. The van der Waals surface area contributed by atoms with E-state index in [0.29, 0.717) is 12.3 Å². The van der Waals surface area contributed by atoms with Crippen molar-refractivity contribution < 1.29 is 5.11 Å². The summed E-state index contributed by atoms with van der Waals surface area (Å²) in [5, 5.41) is 16.0.